The number of anilines is 1. The van der Waals surface area contributed by atoms with Crippen molar-refractivity contribution in [3.63, 3.8) is 0 Å². The number of amides is 1. The highest BCUT2D eigenvalue weighted by Crippen LogP contribution is 2.29. The molecule has 26 heavy (non-hydrogen) atoms. The van der Waals surface area contributed by atoms with Crippen LogP contribution in [0.4, 0.5) is 5.69 Å². The van der Waals surface area contributed by atoms with E-state index in [-0.39, 0.29) is 10.8 Å². The first-order chi connectivity index (χ1) is 12.3. The fourth-order valence-electron chi connectivity index (χ4n) is 3.35. The van der Waals surface area contributed by atoms with E-state index in [1.165, 1.54) is 10.4 Å². The molecule has 1 saturated heterocycles. The van der Waals surface area contributed by atoms with Gasteiger partial charge in [0.15, 0.2) is 0 Å². The molecule has 1 aromatic rings. The van der Waals surface area contributed by atoms with Crippen LogP contribution in [0.1, 0.15) is 50.9 Å². The van der Waals surface area contributed by atoms with Crippen LogP contribution in [0.5, 0.6) is 0 Å². The average molecular weight is 382 g/mol. The third-order valence-corrected chi connectivity index (χ3v) is 7.06. The molecule has 1 fully saturated rings. The van der Waals surface area contributed by atoms with Gasteiger partial charge in [0.25, 0.3) is 5.91 Å². The molecule has 1 aliphatic rings. The van der Waals surface area contributed by atoms with E-state index < -0.39 is 10.0 Å². The van der Waals surface area contributed by atoms with Crippen LogP contribution in [0.15, 0.2) is 23.1 Å². The molecule has 0 bridgehead atoms. The van der Waals surface area contributed by atoms with Crippen molar-refractivity contribution in [3.05, 3.63) is 23.8 Å². The Hall–Kier alpha value is -1.60. The zero-order valence-electron chi connectivity index (χ0n) is 16.3. The molecule has 0 aliphatic carbocycles. The maximum Gasteiger partial charge on any atom is 0.253 e. The standard InChI is InChI=1S/C19H31N3O3S/c1-5-20-19(23)17-14-16(26(24,25)22(6-2)7-3)8-9-18(17)21-12-10-15(4)11-13-21/h8-9,14-15H,5-7,10-13H2,1-4H3,(H,20,23). The summed E-state index contributed by atoms with van der Waals surface area (Å²) in [5.41, 5.74) is 1.26. The molecule has 1 N–H and O–H groups in total. The molecular weight excluding hydrogens is 350 g/mol. The lowest BCUT2D eigenvalue weighted by Crippen LogP contribution is -2.35. The van der Waals surface area contributed by atoms with Gasteiger partial charge in [-0.2, -0.15) is 4.31 Å². The van der Waals surface area contributed by atoms with Crippen molar-refractivity contribution in [2.24, 2.45) is 5.92 Å². The highest BCUT2D eigenvalue weighted by Gasteiger charge is 2.26. The molecule has 0 atom stereocenters. The Bertz CT molecular complexity index is 722. The first-order valence-corrected chi connectivity index (χ1v) is 11.0. The predicted molar refractivity (Wildman–Crippen MR) is 105 cm³/mol. The summed E-state index contributed by atoms with van der Waals surface area (Å²) in [5, 5.41) is 2.81. The van der Waals surface area contributed by atoms with Crippen LogP contribution in [-0.4, -0.2) is 51.4 Å². The number of nitrogens with one attached hydrogen (secondary N) is 1. The molecule has 1 amide bonds. The Kier molecular flexibility index (Phi) is 7.06. The second-order valence-electron chi connectivity index (χ2n) is 6.80. The highest BCUT2D eigenvalue weighted by atomic mass is 32.2. The third kappa shape index (κ3) is 4.38. The van der Waals surface area contributed by atoms with Gasteiger partial charge in [0.05, 0.1) is 10.5 Å². The molecule has 0 radical (unpaired) electrons. The largest absolute Gasteiger partial charge is 0.371 e. The SMILES string of the molecule is CCNC(=O)c1cc(S(=O)(=O)N(CC)CC)ccc1N1CCC(C)CC1. The number of nitrogens with zero attached hydrogens (tertiary/aromatic N) is 2. The van der Waals surface area contributed by atoms with E-state index in [2.05, 4.69) is 17.1 Å². The van der Waals surface area contributed by atoms with E-state index in [0.717, 1.165) is 31.6 Å². The minimum atomic E-state index is -3.59. The summed E-state index contributed by atoms with van der Waals surface area (Å²) >= 11 is 0. The van der Waals surface area contributed by atoms with Crippen molar-refractivity contribution in [2.45, 2.75) is 45.4 Å². The maximum atomic E-state index is 12.8. The smallest absolute Gasteiger partial charge is 0.253 e. The van der Waals surface area contributed by atoms with Crippen molar-refractivity contribution in [1.29, 1.82) is 0 Å². The molecule has 146 valence electrons. The van der Waals surface area contributed by atoms with E-state index in [1.807, 2.05) is 20.8 Å². The molecule has 6 nitrogen and oxygen atoms in total. The number of piperidine rings is 1. The molecule has 0 aromatic heterocycles. The lowest BCUT2D eigenvalue weighted by Gasteiger charge is -2.33. The summed E-state index contributed by atoms with van der Waals surface area (Å²) in [6.07, 6.45) is 2.16. The van der Waals surface area contributed by atoms with Crippen LogP contribution in [0.25, 0.3) is 0 Å². The van der Waals surface area contributed by atoms with Gasteiger partial charge >= 0.3 is 0 Å². The topological polar surface area (TPSA) is 69.7 Å². The Morgan fingerprint density at radius 1 is 1.19 bits per heavy atom. The van der Waals surface area contributed by atoms with E-state index in [4.69, 9.17) is 0 Å². The van der Waals surface area contributed by atoms with Crippen molar-refractivity contribution < 1.29 is 13.2 Å². The maximum absolute atomic E-state index is 12.8. The van der Waals surface area contributed by atoms with Crippen LogP contribution in [0.2, 0.25) is 0 Å². The van der Waals surface area contributed by atoms with Gasteiger partial charge in [-0.15, -0.1) is 0 Å². The number of carbonyl (C=O) groups is 1. The number of carbonyl (C=O) groups excluding carboxylic acids is 1. The second-order valence-corrected chi connectivity index (χ2v) is 8.74. The second kappa shape index (κ2) is 8.86. The average Bonchev–Trinajstić information content (AvgIpc) is 2.63. The number of sulfonamides is 1. The minimum absolute atomic E-state index is 0.177. The molecule has 0 unspecified atom stereocenters. The monoisotopic (exact) mass is 381 g/mol. The van der Waals surface area contributed by atoms with E-state index in [1.54, 1.807) is 12.1 Å². The van der Waals surface area contributed by atoms with Crippen LogP contribution in [0, 0.1) is 5.92 Å². The summed E-state index contributed by atoms with van der Waals surface area (Å²) in [4.78, 5) is 15.0. The van der Waals surface area contributed by atoms with E-state index >= 15 is 0 Å². The quantitative estimate of drug-likeness (QED) is 0.788. The highest BCUT2D eigenvalue weighted by molar-refractivity contribution is 7.89. The van der Waals surface area contributed by atoms with Gasteiger partial charge in [-0.05, 0) is 43.9 Å². The Morgan fingerprint density at radius 3 is 2.35 bits per heavy atom. The van der Waals surface area contributed by atoms with Crippen LogP contribution < -0.4 is 10.2 Å². The molecule has 1 aromatic carbocycles. The zero-order valence-corrected chi connectivity index (χ0v) is 17.1. The van der Waals surface area contributed by atoms with Gasteiger partial charge in [-0.1, -0.05) is 20.8 Å². The van der Waals surface area contributed by atoms with Gasteiger partial charge in [0.1, 0.15) is 0 Å². The minimum Gasteiger partial charge on any atom is -0.371 e. The molecule has 7 heteroatoms. The lowest BCUT2D eigenvalue weighted by molar-refractivity contribution is 0.0956. The molecule has 0 saturated carbocycles. The summed E-state index contributed by atoms with van der Waals surface area (Å²) < 4.78 is 27.1. The third-order valence-electron chi connectivity index (χ3n) is 5.02. The lowest BCUT2D eigenvalue weighted by atomic mass is 9.98. The molecular formula is C19H31N3O3S. The number of hydrogen-bond donors (Lipinski definition) is 1. The van der Waals surface area contributed by atoms with Crippen molar-refractivity contribution in [1.82, 2.24) is 9.62 Å². The summed E-state index contributed by atoms with van der Waals surface area (Å²) in [5.74, 6) is 0.458. The van der Waals surface area contributed by atoms with Crippen molar-refractivity contribution in [2.75, 3.05) is 37.6 Å². The fourth-order valence-corrected chi connectivity index (χ4v) is 4.84. The predicted octanol–water partition coefficient (Wildman–Crippen LogP) is 2.70. The fraction of sp³-hybridized carbons (Fsp3) is 0.632. The van der Waals surface area contributed by atoms with Gasteiger partial charge in [-0.25, -0.2) is 8.42 Å². The van der Waals surface area contributed by atoms with Gasteiger partial charge in [0.2, 0.25) is 10.0 Å². The Labute approximate surface area is 157 Å². The molecule has 1 heterocycles. The van der Waals surface area contributed by atoms with E-state index in [0.29, 0.717) is 31.1 Å². The summed E-state index contributed by atoms with van der Waals surface area (Å²) in [6, 6.07) is 4.95. The number of rotatable bonds is 7. The first kappa shape index (κ1) is 20.7. The summed E-state index contributed by atoms with van der Waals surface area (Å²) in [6.45, 7) is 10.8. The Balaban J connectivity index is 2.46. The first-order valence-electron chi connectivity index (χ1n) is 9.52. The summed E-state index contributed by atoms with van der Waals surface area (Å²) in [7, 11) is -3.59. The van der Waals surface area contributed by atoms with Crippen molar-refractivity contribution >= 4 is 21.6 Å². The number of hydrogen-bond acceptors (Lipinski definition) is 4. The molecule has 1 aliphatic heterocycles. The Morgan fingerprint density at radius 2 is 1.81 bits per heavy atom. The van der Waals surface area contributed by atoms with Crippen molar-refractivity contribution in [3.8, 4) is 0 Å². The van der Waals surface area contributed by atoms with Gasteiger partial charge < -0.3 is 10.2 Å². The van der Waals surface area contributed by atoms with Gasteiger partial charge in [-0.3, -0.25) is 4.79 Å². The normalized spacial score (nSPS) is 16.1. The molecule has 2 rings (SSSR count). The van der Waals surface area contributed by atoms with Crippen LogP contribution >= 0.6 is 0 Å². The van der Waals surface area contributed by atoms with Gasteiger partial charge in [0, 0.05) is 38.4 Å². The zero-order chi connectivity index (χ0) is 19.3. The van der Waals surface area contributed by atoms with Crippen LogP contribution in [-0.2, 0) is 10.0 Å². The number of benzene rings is 1. The van der Waals surface area contributed by atoms with E-state index in [9.17, 15) is 13.2 Å². The van der Waals surface area contributed by atoms with Crippen LogP contribution in [0.3, 0.4) is 0 Å². The molecule has 0 spiro atoms.